The summed E-state index contributed by atoms with van der Waals surface area (Å²) in [6.45, 7) is 6.17. The van der Waals surface area contributed by atoms with Crippen LogP contribution in [-0.2, 0) is 15.0 Å². The predicted molar refractivity (Wildman–Crippen MR) is 154 cm³/mol. The topological polar surface area (TPSA) is 113 Å². The van der Waals surface area contributed by atoms with Crippen molar-refractivity contribution < 1.29 is 18.8 Å². The van der Waals surface area contributed by atoms with Gasteiger partial charge in [0.05, 0.1) is 6.04 Å². The van der Waals surface area contributed by atoms with E-state index >= 15 is 0 Å². The number of primary amides is 1. The standard InChI is InChI=1S/C30H29Cl2FN4O3/c1-29(2,3)14-23-30(21-9-6-17(31)13-22(21)36-28(30)40)24(16-10-18(32)12-19(33)11-16)25(37-23)27(39)35-20-7-4-15(5-8-20)26(34)38/h4-13,23-25,37H,14H2,1-3H3,(H2,34,38)(H,35,39)(H,36,40). The molecule has 7 nitrogen and oxygen atoms in total. The number of rotatable bonds is 5. The highest BCUT2D eigenvalue weighted by Crippen LogP contribution is 2.57. The SMILES string of the molecule is CC(C)(C)CC1NC(C(=O)Nc2ccc(C(N)=O)cc2)C(c2cc(F)cc(Cl)c2)C12C(=O)Nc1cc(Cl)ccc12. The summed E-state index contributed by atoms with van der Waals surface area (Å²) in [4.78, 5) is 39.6. The van der Waals surface area contributed by atoms with Gasteiger partial charge in [0.1, 0.15) is 11.2 Å². The molecule has 0 saturated carbocycles. The van der Waals surface area contributed by atoms with E-state index in [2.05, 4.69) is 36.7 Å². The Labute approximate surface area is 241 Å². The average molecular weight is 583 g/mol. The smallest absolute Gasteiger partial charge is 0.248 e. The normalized spacial score (nSPS) is 23.6. The molecule has 10 heteroatoms. The first-order valence-electron chi connectivity index (χ1n) is 12.8. The van der Waals surface area contributed by atoms with Crippen LogP contribution in [0.1, 0.15) is 54.6 Å². The van der Waals surface area contributed by atoms with Crippen LogP contribution in [0.25, 0.3) is 0 Å². The minimum absolute atomic E-state index is 0.153. The lowest BCUT2D eigenvalue weighted by atomic mass is 9.62. The Kier molecular flexibility index (Phi) is 7.15. The van der Waals surface area contributed by atoms with Gasteiger partial charge in [0, 0.05) is 38.9 Å². The number of nitrogens with two attached hydrogens (primary N) is 1. The van der Waals surface area contributed by atoms with Gasteiger partial charge in [-0.15, -0.1) is 0 Å². The van der Waals surface area contributed by atoms with Gasteiger partial charge in [-0.1, -0.05) is 50.0 Å². The number of anilines is 2. The summed E-state index contributed by atoms with van der Waals surface area (Å²) in [6, 6.07) is 14.0. The molecule has 1 spiro atoms. The first kappa shape index (κ1) is 28.1. The van der Waals surface area contributed by atoms with E-state index < -0.39 is 41.0 Å². The van der Waals surface area contributed by atoms with Crippen LogP contribution in [0.15, 0.2) is 60.7 Å². The minimum atomic E-state index is -1.28. The largest absolute Gasteiger partial charge is 0.366 e. The minimum Gasteiger partial charge on any atom is -0.366 e. The van der Waals surface area contributed by atoms with Crippen molar-refractivity contribution in [3.63, 3.8) is 0 Å². The lowest BCUT2D eigenvalue weighted by Gasteiger charge is -2.37. The fraction of sp³-hybridized carbons (Fsp3) is 0.300. The van der Waals surface area contributed by atoms with Crippen LogP contribution in [0.5, 0.6) is 0 Å². The second-order valence-electron chi connectivity index (χ2n) is 11.6. The molecule has 40 heavy (non-hydrogen) atoms. The zero-order valence-corrected chi connectivity index (χ0v) is 23.7. The number of nitrogens with one attached hydrogen (secondary N) is 3. The van der Waals surface area contributed by atoms with Crippen LogP contribution in [0, 0.1) is 11.2 Å². The first-order chi connectivity index (χ1) is 18.8. The van der Waals surface area contributed by atoms with Crippen LogP contribution in [0.3, 0.4) is 0 Å². The summed E-state index contributed by atoms with van der Waals surface area (Å²) < 4.78 is 14.8. The van der Waals surface area contributed by atoms with Crippen molar-refractivity contribution in [3.8, 4) is 0 Å². The van der Waals surface area contributed by atoms with E-state index in [9.17, 15) is 18.8 Å². The van der Waals surface area contributed by atoms with Gasteiger partial charge in [0.2, 0.25) is 17.7 Å². The van der Waals surface area contributed by atoms with Gasteiger partial charge in [-0.3, -0.25) is 14.4 Å². The molecule has 1 fully saturated rings. The molecule has 4 atom stereocenters. The highest BCUT2D eigenvalue weighted by Gasteiger charge is 2.65. The van der Waals surface area contributed by atoms with E-state index in [1.165, 1.54) is 24.3 Å². The number of hydrogen-bond acceptors (Lipinski definition) is 4. The monoisotopic (exact) mass is 582 g/mol. The van der Waals surface area contributed by atoms with Gasteiger partial charge in [0.15, 0.2) is 0 Å². The van der Waals surface area contributed by atoms with Gasteiger partial charge in [-0.05, 0) is 77.6 Å². The van der Waals surface area contributed by atoms with E-state index in [-0.39, 0.29) is 16.3 Å². The maximum Gasteiger partial charge on any atom is 0.248 e. The molecule has 2 aliphatic rings. The average Bonchev–Trinajstić information content (AvgIpc) is 3.32. The van der Waals surface area contributed by atoms with Gasteiger partial charge in [-0.2, -0.15) is 0 Å². The summed E-state index contributed by atoms with van der Waals surface area (Å²) in [5, 5.41) is 9.92. The molecule has 0 aliphatic carbocycles. The number of fused-ring (bicyclic) bond motifs is 2. The van der Waals surface area contributed by atoms with E-state index in [4.69, 9.17) is 28.9 Å². The first-order valence-corrected chi connectivity index (χ1v) is 13.6. The highest BCUT2D eigenvalue weighted by molar-refractivity contribution is 6.31. The van der Waals surface area contributed by atoms with Gasteiger partial charge in [0.25, 0.3) is 0 Å². The molecule has 1 saturated heterocycles. The summed E-state index contributed by atoms with van der Waals surface area (Å²) in [5.74, 6) is -2.73. The van der Waals surface area contributed by atoms with Crippen LogP contribution in [-0.4, -0.2) is 29.8 Å². The Morgan fingerprint density at radius 3 is 2.35 bits per heavy atom. The number of halogens is 3. The molecular formula is C30H29Cl2FN4O3. The van der Waals surface area contributed by atoms with Crippen LogP contribution >= 0.6 is 23.2 Å². The molecule has 2 aliphatic heterocycles. The number of benzene rings is 3. The van der Waals surface area contributed by atoms with E-state index in [1.54, 1.807) is 36.4 Å². The Balaban J connectivity index is 1.68. The molecule has 5 N–H and O–H groups in total. The lowest BCUT2D eigenvalue weighted by Crippen LogP contribution is -2.49. The lowest BCUT2D eigenvalue weighted by molar-refractivity contribution is -0.122. The van der Waals surface area contributed by atoms with E-state index in [0.717, 1.165) is 0 Å². The van der Waals surface area contributed by atoms with Crippen molar-refractivity contribution in [2.24, 2.45) is 11.1 Å². The molecule has 208 valence electrons. The Bertz CT molecular complexity index is 1500. The second kappa shape index (κ2) is 10.2. The molecule has 3 aromatic carbocycles. The highest BCUT2D eigenvalue weighted by atomic mass is 35.5. The number of carbonyl (C=O) groups excluding carboxylic acids is 3. The third-order valence-electron chi connectivity index (χ3n) is 7.59. The molecule has 0 aromatic heterocycles. The van der Waals surface area contributed by atoms with Crippen molar-refractivity contribution in [2.75, 3.05) is 10.6 Å². The molecule has 0 bridgehead atoms. The zero-order chi connectivity index (χ0) is 29.0. The molecule has 5 rings (SSSR count). The molecule has 3 aromatic rings. The van der Waals surface area contributed by atoms with Crippen LogP contribution in [0.2, 0.25) is 10.0 Å². The maximum absolute atomic E-state index is 14.8. The third-order valence-corrected chi connectivity index (χ3v) is 8.04. The molecule has 4 unspecified atom stereocenters. The number of amides is 3. The van der Waals surface area contributed by atoms with E-state index in [0.29, 0.717) is 39.5 Å². The third kappa shape index (κ3) is 4.96. The van der Waals surface area contributed by atoms with Crippen LogP contribution < -0.4 is 21.7 Å². The predicted octanol–water partition coefficient (Wildman–Crippen LogP) is 5.62. The van der Waals surface area contributed by atoms with Crippen molar-refractivity contribution in [1.29, 1.82) is 0 Å². The van der Waals surface area contributed by atoms with Crippen LogP contribution in [0.4, 0.5) is 15.8 Å². The fourth-order valence-corrected chi connectivity index (χ4v) is 6.52. The molecular weight excluding hydrogens is 554 g/mol. The van der Waals surface area contributed by atoms with Crippen molar-refractivity contribution >= 4 is 52.3 Å². The molecule has 0 radical (unpaired) electrons. The van der Waals surface area contributed by atoms with Gasteiger partial charge >= 0.3 is 0 Å². The summed E-state index contributed by atoms with van der Waals surface area (Å²) in [6.07, 6.45) is 0.527. The quantitative estimate of drug-likeness (QED) is 0.312. The summed E-state index contributed by atoms with van der Waals surface area (Å²) in [5.41, 5.74) is 6.20. The number of hydrogen-bond donors (Lipinski definition) is 4. The summed E-state index contributed by atoms with van der Waals surface area (Å²) >= 11 is 12.6. The zero-order valence-electron chi connectivity index (χ0n) is 22.1. The van der Waals surface area contributed by atoms with Crippen molar-refractivity contribution in [1.82, 2.24) is 5.32 Å². The second-order valence-corrected chi connectivity index (χ2v) is 12.5. The van der Waals surface area contributed by atoms with Crippen molar-refractivity contribution in [3.05, 3.63) is 93.2 Å². The Morgan fingerprint density at radius 1 is 1.02 bits per heavy atom. The van der Waals surface area contributed by atoms with Crippen molar-refractivity contribution in [2.45, 2.75) is 50.6 Å². The number of carbonyl (C=O) groups is 3. The molecule has 3 amide bonds. The molecule has 2 heterocycles. The fourth-order valence-electron chi connectivity index (χ4n) is 6.11. The van der Waals surface area contributed by atoms with Gasteiger partial charge < -0.3 is 21.7 Å². The Hall–Kier alpha value is -3.46. The maximum atomic E-state index is 14.8. The van der Waals surface area contributed by atoms with E-state index in [1.807, 2.05) is 0 Å². The Morgan fingerprint density at radius 2 is 1.73 bits per heavy atom. The summed E-state index contributed by atoms with van der Waals surface area (Å²) in [7, 11) is 0. The van der Waals surface area contributed by atoms with Gasteiger partial charge in [-0.25, -0.2) is 4.39 Å².